The molecule has 1 aromatic carbocycles. The highest BCUT2D eigenvalue weighted by Gasteiger charge is 2.30. The number of hydrogen-bond donors (Lipinski definition) is 0. The molecule has 1 unspecified atom stereocenters. The summed E-state index contributed by atoms with van der Waals surface area (Å²) in [5.41, 5.74) is 2.94. The van der Waals surface area contributed by atoms with Crippen molar-refractivity contribution in [2.45, 2.75) is 25.8 Å². The molecule has 4 heterocycles. The van der Waals surface area contributed by atoms with Crippen molar-refractivity contribution in [1.82, 2.24) is 19.7 Å². The molecule has 148 valence electrons. The lowest BCUT2D eigenvalue weighted by atomic mass is 9.97. The SMILES string of the molecule is O=C(c1cccnc1N1CCCC(Cn2cncn2)C1)N1CCc2ccccc21. The van der Waals surface area contributed by atoms with E-state index in [4.69, 9.17) is 0 Å². The van der Waals surface area contributed by atoms with Gasteiger partial charge in [-0.3, -0.25) is 9.48 Å². The Morgan fingerprint density at radius 2 is 2.07 bits per heavy atom. The fourth-order valence-electron chi connectivity index (χ4n) is 4.51. The lowest BCUT2D eigenvalue weighted by Crippen LogP contribution is -2.39. The number of piperidine rings is 1. The van der Waals surface area contributed by atoms with E-state index in [0.717, 1.165) is 56.9 Å². The van der Waals surface area contributed by atoms with Gasteiger partial charge in [0.05, 0.1) is 5.56 Å². The number of nitrogens with zero attached hydrogens (tertiary/aromatic N) is 6. The first kappa shape index (κ1) is 17.8. The lowest BCUT2D eigenvalue weighted by molar-refractivity contribution is 0.0989. The molecule has 2 aromatic heterocycles. The lowest BCUT2D eigenvalue weighted by Gasteiger charge is -2.34. The van der Waals surface area contributed by atoms with Crippen molar-refractivity contribution in [3.05, 3.63) is 66.4 Å². The van der Waals surface area contributed by atoms with Crippen LogP contribution < -0.4 is 9.80 Å². The van der Waals surface area contributed by atoms with Gasteiger partial charge in [-0.25, -0.2) is 9.97 Å². The highest BCUT2D eigenvalue weighted by Crippen LogP contribution is 2.31. The molecule has 0 aliphatic carbocycles. The van der Waals surface area contributed by atoms with Crippen molar-refractivity contribution in [2.75, 3.05) is 29.4 Å². The Morgan fingerprint density at radius 3 is 2.97 bits per heavy atom. The summed E-state index contributed by atoms with van der Waals surface area (Å²) in [4.78, 5) is 26.3. The zero-order chi connectivity index (χ0) is 19.6. The monoisotopic (exact) mass is 388 g/mol. The highest BCUT2D eigenvalue weighted by atomic mass is 16.2. The van der Waals surface area contributed by atoms with Crippen molar-refractivity contribution < 1.29 is 4.79 Å². The van der Waals surface area contributed by atoms with E-state index in [0.29, 0.717) is 11.5 Å². The maximum atomic E-state index is 13.4. The van der Waals surface area contributed by atoms with Gasteiger partial charge in [-0.05, 0) is 48.9 Å². The van der Waals surface area contributed by atoms with Gasteiger partial charge in [-0.1, -0.05) is 18.2 Å². The van der Waals surface area contributed by atoms with E-state index in [1.807, 2.05) is 39.9 Å². The standard InChI is InChI=1S/C22H24N6O/c29-22(28-12-9-18-6-1-2-8-20(18)28)19-7-3-10-24-21(19)26-11-4-5-17(13-26)14-27-16-23-15-25-27/h1-3,6-8,10,15-17H,4-5,9,11-14H2. The second kappa shape index (κ2) is 7.66. The maximum absolute atomic E-state index is 13.4. The maximum Gasteiger partial charge on any atom is 0.262 e. The van der Waals surface area contributed by atoms with Crippen molar-refractivity contribution in [2.24, 2.45) is 5.92 Å². The predicted octanol–water partition coefficient (Wildman–Crippen LogP) is 2.79. The van der Waals surface area contributed by atoms with E-state index < -0.39 is 0 Å². The zero-order valence-corrected chi connectivity index (χ0v) is 16.3. The summed E-state index contributed by atoms with van der Waals surface area (Å²) >= 11 is 0. The van der Waals surface area contributed by atoms with E-state index in [9.17, 15) is 4.79 Å². The van der Waals surface area contributed by atoms with Gasteiger partial charge in [-0.15, -0.1) is 0 Å². The molecule has 0 N–H and O–H groups in total. The molecule has 1 fully saturated rings. The molecule has 7 nitrogen and oxygen atoms in total. The Morgan fingerprint density at radius 1 is 1.14 bits per heavy atom. The number of pyridine rings is 1. The van der Waals surface area contributed by atoms with Crippen LogP contribution in [-0.4, -0.2) is 45.3 Å². The number of amides is 1. The Labute approximate surface area is 170 Å². The third-order valence-corrected chi connectivity index (χ3v) is 5.88. The normalized spacial score (nSPS) is 18.7. The zero-order valence-electron chi connectivity index (χ0n) is 16.3. The molecule has 0 saturated carbocycles. The Balaban J connectivity index is 1.39. The minimum Gasteiger partial charge on any atom is -0.356 e. The van der Waals surface area contributed by atoms with Crippen LogP contribution in [0.5, 0.6) is 0 Å². The van der Waals surface area contributed by atoms with Gasteiger partial charge in [0.25, 0.3) is 5.91 Å². The number of aromatic nitrogens is 4. The molecule has 3 aromatic rings. The fourth-order valence-corrected chi connectivity index (χ4v) is 4.51. The number of rotatable bonds is 4. The Hall–Kier alpha value is -3.22. The Kier molecular flexibility index (Phi) is 4.71. The minimum atomic E-state index is 0.0384. The number of hydrogen-bond acceptors (Lipinski definition) is 5. The van der Waals surface area contributed by atoms with Crippen molar-refractivity contribution in [3.8, 4) is 0 Å². The van der Waals surface area contributed by atoms with E-state index in [1.165, 1.54) is 5.56 Å². The van der Waals surface area contributed by atoms with Crippen LogP contribution >= 0.6 is 0 Å². The van der Waals surface area contributed by atoms with Crippen LogP contribution in [0.1, 0.15) is 28.8 Å². The van der Waals surface area contributed by atoms with Gasteiger partial charge in [0, 0.05) is 38.1 Å². The molecule has 0 radical (unpaired) electrons. The van der Waals surface area contributed by atoms with E-state index in [2.05, 4.69) is 26.0 Å². The average Bonchev–Trinajstić information content (AvgIpc) is 3.43. The largest absolute Gasteiger partial charge is 0.356 e. The second-order valence-corrected chi connectivity index (χ2v) is 7.78. The van der Waals surface area contributed by atoms with Crippen molar-refractivity contribution in [1.29, 1.82) is 0 Å². The number of anilines is 2. The number of carbonyl (C=O) groups excluding carboxylic acids is 1. The molecule has 29 heavy (non-hydrogen) atoms. The summed E-state index contributed by atoms with van der Waals surface area (Å²) in [6.07, 6.45) is 8.25. The fraction of sp³-hybridized carbons (Fsp3) is 0.364. The summed E-state index contributed by atoms with van der Waals surface area (Å²) in [5.74, 6) is 1.30. The van der Waals surface area contributed by atoms with Gasteiger partial charge >= 0.3 is 0 Å². The molecule has 5 rings (SSSR count). The summed E-state index contributed by atoms with van der Waals surface area (Å²) in [6, 6.07) is 11.9. The molecule has 0 spiro atoms. The second-order valence-electron chi connectivity index (χ2n) is 7.78. The van der Waals surface area contributed by atoms with Crippen LogP contribution in [0.25, 0.3) is 0 Å². The molecule has 1 amide bonds. The van der Waals surface area contributed by atoms with Crippen LogP contribution in [0.3, 0.4) is 0 Å². The van der Waals surface area contributed by atoms with E-state index in [1.54, 1.807) is 18.9 Å². The smallest absolute Gasteiger partial charge is 0.262 e. The van der Waals surface area contributed by atoms with Crippen molar-refractivity contribution in [3.63, 3.8) is 0 Å². The average molecular weight is 388 g/mol. The van der Waals surface area contributed by atoms with E-state index >= 15 is 0 Å². The quantitative estimate of drug-likeness (QED) is 0.688. The van der Waals surface area contributed by atoms with Gasteiger partial charge in [0.1, 0.15) is 18.5 Å². The summed E-state index contributed by atoms with van der Waals surface area (Å²) in [7, 11) is 0. The third-order valence-electron chi connectivity index (χ3n) is 5.88. The molecule has 1 saturated heterocycles. The first-order valence-corrected chi connectivity index (χ1v) is 10.2. The first-order valence-electron chi connectivity index (χ1n) is 10.2. The van der Waals surface area contributed by atoms with Gasteiger partial charge in [0.15, 0.2) is 0 Å². The van der Waals surface area contributed by atoms with Crippen LogP contribution in [0.2, 0.25) is 0 Å². The predicted molar refractivity (Wildman–Crippen MR) is 111 cm³/mol. The summed E-state index contributed by atoms with van der Waals surface area (Å²) in [5, 5.41) is 4.24. The van der Waals surface area contributed by atoms with Crippen LogP contribution in [0.4, 0.5) is 11.5 Å². The van der Waals surface area contributed by atoms with Gasteiger partial charge < -0.3 is 9.80 Å². The van der Waals surface area contributed by atoms with Crippen LogP contribution in [-0.2, 0) is 13.0 Å². The van der Waals surface area contributed by atoms with Gasteiger partial charge in [0.2, 0.25) is 0 Å². The first-order chi connectivity index (χ1) is 14.3. The molecular formula is C22H24N6O. The number of carbonyl (C=O) groups is 1. The number of benzene rings is 1. The van der Waals surface area contributed by atoms with Crippen LogP contribution in [0, 0.1) is 5.92 Å². The molecule has 1 atom stereocenters. The minimum absolute atomic E-state index is 0.0384. The highest BCUT2D eigenvalue weighted by molar-refractivity contribution is 6.10. The third kappa shape index (κ3) is 3.48. The number of fused-ring (bicyclic) bond motifs is 1. The number of para-hydroxylation sites is 1. The van der Waals surface area contributed by atoms with Crippen LogP contribution in [0.15, 0.2) is 55.2 Å². The molecule has 2 aliphatic rings. The Bertz CT molecular complexity index is 1000. The molecule has 2 aliphatic heterocycles. The topological polar surface area (TPSA) is 67.2 Å². The van der Waals surface area contributed by atoms with E-state index in [-0.39, 0.29) is 5.91 Å². The molecular weight excluding hydrogens is 364 g/mol. The summed E-state index contributed by atoms with van der Waals surface area (Å²) < 4.78 is 1.89. The molecule has 7 heteroatoms. The molecule has 0 bridgehead atoms. The van der Waals surface area contributed by atoms with Crippen molar-refractivity contribution >= 4 is 17.4 Å². The van der Waals surface area contributed by atoms with Gasteiger partial charge in [-0.2, -0.15) is 5.10 Å². The summed E-state index contributed by atoms with van der Waals surface area (Å²) in [6.45, 7) is 3.35.